The summed E-state index contributed by atoms with van der Waals surface area (Å²) in [5.74, 6) is -0.642. The third-order valence-electron chi connectivity index (χ3n) is 6.01. The van der Waals surface area contributed by atoms with Gasteiger partial charge in [0.1, 0.15) is 18.3 Å². The first-order chi connectivity index (χ1) is 16.6. The Hall–Kier alpha value is -4.27. The van der Waals surface area contributed by atoms with Gasteiger partial charge in [-0.3, -0.25) is 19.0 Å². The Morgan fingerprint density at radius 1 is 1.00 bits per heavy atom. The molecule has 2 N–H and O–H groups in total. The number of anilines is 1. The highest BCUT2D eigenvalue weighted by Gasteiger charge is 2.20. The molecule has 0 unspecified atom stereocenters. The summed E-state index contributed by atoms with van der Waals surface area (Å²) in [6.45, 7) is -0.239. The number of benzene rings is 2. The number of hydrogen-bond donors (Lipinski definition) is 2. The molecule has 1 saturated carbocycles. The largest absolute Gasteiger partial charge is 0.349 e. The number of aromatic nitrogens is 4. The SMILES string of the molecule is O=C(Cn1cnc2c(cnn2-c2ccccc2)c1=O)Nc1ccccc1C(=O)NC1CCCC1. The summed E-state index contributed by atoms with van der Waals surface area (Å²) in [4.78, 5) is 42.8. The monoisotopic (exact) mass is 456 g/mol. The van der Waals surface area contributed by atoms with Gasteiger partial charge in [0.2, 0.25) is 5.91 Å². The van der Waals surface area contributed by atoms with Gasteiger partial charge in [-0.15, -0.1) is 0 Å². The smallest absolute Gasteiger partial charge is 0.264 e. The molecule has 1 aliphatic rings. The molecular weight excluding hydrogens is 432 g/mol. The lowest BCUT2D eigenvalue weighted by molar-refractivity contribution is -0.116. The van der Waals surface area contributed by atoms with Gasteiger partial charge in [-0.05, 0) is 37.1 Å². The first kappa shape index (κ1) is 21.6. The summed E-state index contributed by atoms with van der Waals surface area (Å²) < 4.78 is 2.82. The maximum atomic E-state index is 13.0. The van der Waals surface area contributed by atoms with Crippen LogP contribution in [0.2, 0.25) is 0 Å². The van der Waals surface area contributed by atoms with Gasteiger partial charge in [0.25, 0.3) is 11.5 Å². The molecule has 0 saturated heterocycles. The average molecular weight is 457 g/mol. The van der Waals surface area contributed by atoms with Crippen LogP contribution in [0.5, 0.6) is 0 Å². The molecular formula is C25H24N6O3. The number of hydrogen-bond acceptors (Lipinski definition) is 5. The van der Waals surface area contributed by atoms with E-state index in [2.05, 4.69) is 20.7 Å². The zero-order valence-electron chi connectivity index (χ0n) is 18.5. The fraction of sp³-hybridized carbons (Fsp3) is 0.240. The molecule has 34 heavy (non-hydrogen) atoms. The molecule has 0 aliphatic heterocycles. The van der Waals surface area contributed by atoms with Crippen LogP contribution in [0.3, 0.4) is 0 Å². The van der Waals surface area contributed by atoms with Crippen molar-refractivity contribution < 1.29 is 9.59 Å². The van der Waals surface area contributed by atoms with Gasteiger partial charge in [0.05, 0.1) is 23.1 Å². The van der Waals surface area contributed by atoms with E-state index >= 15 is 0 Å². The second kappa shape index (κ2) is 9.30. The van der Waals surface area contributed by atoms with E-state index in [1.54, 1.807) is 28.9 Å². The van der Waals surface area contributed by atoms with E-state index < -0.39 is 5.91 Å². The Bertz CT molecular complexity index is 1400. The highest BCUT2D eigenvalue weighted by molar-refractivity contribution is 6.03. The topological polar surface area (TPSA) is 111 Å². The zero-order valence-corrected chi connectivity index (χ0v) is 18.5. The quantitative estimate of drug-likeness (QED) is 0.464. The van der Waals surface area contributed by atoms with Crippen LogP contribution < -0.4 is 16.2 Å². The minimum atomic E-state index is -0.431. The predicted octanol–water partition coefficient (Wildman–Crippen LogP) is 2.89. The zero-order chi connectivity index (χ0) is 23.5. The van der Waals surface area contributed by atoms with E-state index in [1.807, 2.05) is 30.3 Å². The van der Waals surface area contributed by atoms with Crippen molar-refractivity contribution >= 4 is 28.5 Å². The Kier molecular flexibility index (Phi) is 5.90. The molecule has 0 atom stereocenters. The summed E-state index contributed by atoms with van der Waals surface area (Å²) >= 11 is 0. The summed E-state index contributed by atoms with van der Waals surface area (Å²) in [7, 11) is 0. The summed E-state index contributed by atoms with van der Waals surface area (Å²) in [5.41, 5.74) is 1.64. The Morgan fingerprint density at radius 3 is 2.53 bits per heavy atom. The van der Waals surface area contributed by atoms with Crippen molar-refractivity contribution in [3.63, 3.8) is 0 Å². The number of carbonyl (C=O) groups excluding carboxylic acids is 2. The number of para-hydroxylation sites is 2. The Morgan fingerprint density at radius 2 is 1.74 bits per heavy atom. The first-order valence-electron chi connectivity index (χ1n) is 11.3. The molecule has 1 fully saturated rings. The van der Waals surface area contributed by atoms with E-state index in [1.165, 1.54) is 17.1 Å². The molecule has 172 valence electrons. The van der Waals surface area contributed by atoms with Crippen molar-refractivity contribution in [1.82, 2.24) is 24.6 Å². The van der Waals surface area contributed by atoms with Crippen molar-refractivity contribution in [2.75, 3.05) is 5.32 Å². The van der Waals surface area contributed by atoms with Crippen molar-refractivity contribution in [2.45, 2.75) is 38.3 Å². The van der Waals surface area contributed by atoms with Gasteiger partial charge in [-0.2, -0.15) is 5.10 Å². The normalized spacial score (nSPS) is 13.8. The molecule has 0 spiro atoms. The second-order valence-electron chi connectivity index (χ2n) is 8.36. The minimum absolute atomic E-state index is 0.171. The van der Waals surface area contributed by atoms with Gasteiger partial charge in [0, 0.05) is 6.04 Å². The maximum absolute atomic E-state index is 13.0. The average Bonchev–Trinajstić information content (AvgIpc) is 3.52. The lowest BCUT2D eigenvalue weighted by Gasteiger charge is -2.15. The van der Waals surface area contributed by atoms with E-state index in [0.717, 1.165) is 31.4 Å². The highest BCUT2D eigenvalue weighted by atomic mass is 16.2. The molecule has 5 rings (SSSR count). The van der Waals surface area contributed by atoms with Gasteiger partial charge < -0.3 is 10.6 Å². The molecule has 0 radical (unpaired) electrons. The number of nitrogens with one attached hydrogen (secondary N) is 2. The number of rotatable bonds is 6. The maximum Gasteiger partial charge on any atom is 0.264 e. The van der Waals surface area contributed by atoms with Gasteiger partial charge in [0.15, 0.2) is 5.65 Å². The number of carbonyl (C=O) groups is 2. The van der Waals surface area contributed by atoms with Crippen molar-refractivity contribution in [3.05, 3.63) is 83.0 Å². The fourth-order valence-electron chi connectivity index (χ4n) is 4.29. The molecule has 1 aliphatic carbocycles. The molecule has 9 heteroatoms. The summed E-state index contributed by atoms with van der Waals surface area (Å²) in [6, 6.07) is 16.4. The van der Waals surface area contributed by atoms with Crippen molar-refractivity contribution in [2.24, 2.45) is 0 Å². The van der Waals surface area contributed by atoms with Crippen LogP contribution in [-0.2, 0) is 11.3 Å². The molecule has 2 aromatic carbocycles. The van der Waals surface area contributed by atoms with E-state index in [-0.39, 0.29) is 24.1 Å². The van der Waals surface area contributed by atoms with Gasteiger partial charge in [-0.1, -0.05) is 43.2 Å². The Balaban J connectivity index is 1.33. The first-order valence-corrected chi connectivity index (χ1v) is 11.3. The van der Waals surface area contributed by atoms with Crippen LogP contribution in [0.1, 0.15) is 36.0 Å². The number of amides is 2. The third-order valence-corrected chi connectivity index (χ3v) is 6.01. The van der Waals surface area contributed by atoms with E-state index in [0.29, 0.717) is 22.3 Å². The molecule has 2 aromatic heterocycles. The Labute approximate surface area is 195 Å². The summed E-state index contributed by atoms with van der Waals surface area (Å²) in [6.07, 6.45) is 6.96. The molecule has 2 amide bonds. The van der Waals surface area contributed by atoms with Crippen LogP contribution in [0.15, 0.2) is 71.9 Å². The van der Waals surface area contributed by atoms with E-state index in [4.69, 9.17) is 0 Å². The van der Waals surface area contributed by atoms with Gasteiger partial charge in [-0.25, -0.2) is 9.67 Å². The standard InChI is InChI=1S/C25H24N6O3/c32-22(29-21-13-7-6-12-19(21)24(33)28-17-8-4-5-9-17)15-30-16-26-23-20(25(30)34)14-27-31(23)18-10-2-1-3-11-18/h1-3,6-7,10-14,16-17H,4-5,8-9,15H2,(H,28,33)(H,29,32). The highest BCUT2D eigenvalue weighted by Crippen LogP contribution is 2.20. The number of nitrogens with zero attached hydrogens (tertiary/aromatic N) is 4. The molecule has 4 aromatic rings. The second-order valence-corrected chi connectivity index (χ2v) is 8.36. The predicted molar refractivity (Wildman–Crippen MR) is 128 cm³/mol. The minimum Gasteiger partial charge on any atom is -0.349 e. The molecule has 9 nitrogen and oxygen atoms in total. The van der Waals surface area contributed by atoms with Crippen LogP contribution in [0.4, 0.5) is 5.69 Å². The molecule has 2 heterocycles. The lowest BCUT2D eigenvalue weighted by Crippen LogP contribution is -2.33. The van der Waals surface area contributed by atoms with Crippen LogP contribution in [0.25, 0.3) is 16.7 Å². The van der Waals surface area contributed by atoms with E-state index in [9.17, 15) is 14.4 Å². The van der Waals surface area contributed by atoms with Crippen molar-refractivity contribution in [1.29, 1.82) is 0 Å². The number of fused-ring (bicyclic) bond motifs is 1. The van der Waals surface area contributed by atoms with Gasteiger partial charge >= 0.3 is 0 Å². The fourth-order valence-corrected chi connectivity index (χ4v) is 4.29. The van der Waals surface area contributed by atoms with Crippen LogP contribution >= 0.6 is 0 Å². The molecule has 0 bridgehead atoms. The lowest BCUT2D eigenvalue weighted by atomic mass is 10.1. The summed E-state index contributed by atoms with van der Waals surface area (Å²) in [5, 5.41) is 10.4. The van der Waals surface area contributed by atoms with Crippen LogP contribution in [0, 0.1) is 0 Å². The van der Waals surface area contributed by atoms with Crippen molar-refractivity contribution in [3.8, 4) is 5.69 Å². The third kappa shape index (κ3) is 4.32. The van der Waals surface area contributed by atoms with Crippen LogP contribution in [-0.4, -0.2) is 37.2 Å².